The van der Waals surface area contributed by atoms with Crippen molar-refractivity contribution in [3.8, 4) is 0 Å². The molecule has 4 nitrogen and oxygen atoms in total. The van der Waals surface area contributed by atoms with Crippen LogP contribution in [0.4, 0.5) is 0 Å². The van der Waals surface area contributed by atoms with Crippen molar-refractivity contribution in [2.24, 2.45) is 5.73 Å². The Balaban J connectivity index is 2.59. The molecule has 1 aromatic heterocycles. The summed E-state index contributed by atoms with van der Waals surface area (Å²) in [4.78, 5) is 11.4. The standard InChI is InChI=1S/C14H18N2O2/c1-2-10-8-11-4-7-16(6-3-5-15)13(11)12(9-10)14(17)18/h4,7-9H,2-3,5-6,15H2,1H3,(H,17,18). The van der Waals surface area contributed by atoms with Gasteiger partial charge in [0, 0.05) is 18.1 Å². The molecule has 4 heteroatoms. The van der Waals surface area contributed by atoms with E-state index in [1.165, 1.54) is 0 Å². The van der Waals surface area contributed by atoms with Crippen LogP contribution in [0, 0.1) is 0 Å². The minimum absolute atomic E-state index is 0.381. The Morgan fingerprint density at radius 3 is 2.83 bits per heavy atom. The maximum absolute atomic E-state index is 11.4. The molecule has 0 aliphatic rings. The smallest absolute Gasteiger partial charge is 0.337 e. The number of nitrogens with zero attached hydrogens (tertiary/aromatic N) is 1. The minimum atomic E-state index is -0.872. The van der Waals surface area contributed by atoms with E-state index < -0.39 is 5.97 Å². The summed E-state index contributed by atoms with van der Waals surface area (Å²) in [5, 5.41) is 10.3. The van der Waals surface area contributed by atoms with Gasteiger partial charge in [0.15, 0.2) is 0 Å². The Kier molecular flexibility index (Phi) is 3.67. The monoisotopic (exact) mass is 246 g/mol. The predicted octanol–water partition coefficient (Wildman–Crippen LogP) is 2.25. The third-order valence-corrected chi connectivity index (χ3v) is 3.16. The van der Waals surface area contributed by atoms with Gasteiger partial charge in [0.05, 0.1) is 11.1 Å². The molecule has 0 spiro atoms. The van der Waals surface area contributed by atoms with Crippen molar-refractivity contribution in [2.75, 3.05) is 6.54 Å². The van der Waals surface area contributed by atoms with Crippen molar-refractivity contribution in [3.05, 3.63) is 35.5 Å². The molecule has 0 unspecified atom stereocenters. The van der Waals surface area contributed by atoms with E-state index in [1.54, 1.807) is 6.07 Å². The van der Waals surface area contributed by atoms with Crippen molar-refractivity contribution in [1.82, 2.24) is 4.57 Å². The van der Waals surface area contributed by atoms with E-state index >= 15 is 0 Å². The second kappa shape index (κ2) is 5.23. The van der Waals surface area contributed by atoms with E-state index in [0.29, 0.717) is 12.1 Å². The van der Waals surface area contributed by atoms with Crippen molar-refractivity contribution in [1.29, 1.82) is 0 Å². The molecule has 0 bridgehead atoms. The van der Waals surface area contributed by atoms with E-state index in [2.05, 4.69) is 6.07 Å². The summed E-state index contributed by atoms with van der Waals surface area (Å²) >= 11 is 0. The highest BCUT2D eigenvalue weighted by Crippen LogP contribution is 2.23. The lowest BCUT2D eigenvalue weighted by Crippen LogP contribution is -2.07. The van der Waals surface area contributed by atoms with Gasteiger partial charge in [-0.25, -0.2) is 4.79 Å². The number of aromatic nitrogens is 1. The van der Waals surface area contributed by atoms with Crippen LogP contribution in [0.1, 0.15) is 29.3 Å². The van der Waals surface area contributed by atoms with Gasteiger partial charge >= 0.3 is 5.97 Å². The first-order chi connectivity index (χ1) is 8.67. The van der Waals surface area contributed by atoms with Gasteiger partial charge in [0.25, 0.3) is 0 Å². The molecular weight excluding hydrogens is 228 g/mol. The highest BCUT2D eigenvalue weighted by molar-refractivity contribution is 6.02. The number of hydrogen-bond donors (Lipinski definition) is 2. The maximum Gasteiger partial charge on any atom is 0.337 e. The van der Waals surface area contributed by atoms with Crippen molar-refractivity contribution in [2.45, 2.75) is 26.3 Å². The first kappa shape index (κ1) is 12.6. The van der Waals surface area contributed by atoms with Crippen LogP contribution >= 0.6 is 0 Å². The van der Waals surface area contributed by atoms with Crippen molar-refractivity contribution >= 4 is 16.9 Å². The van der Waals surface area contributed by atoms with E-state index in [-0.39, 0.29) is 0 Å². The van der Waals surface area contributed by atoms with Crippen LogP contribution in [0.5, 0.6) is 0 Å². The van der Waals surface area contributed by atoms with Crippen LogP contribution in [0.25, 0.3) is 10.9 Å². The maximum atomic E-state index is 11.4. The molecule has 0 saturated heterocycles. The van der Waals surface area contributed by atoms with Crippen molar-refractivity contribution in [3.63, 3.8) is 0 Å². The first-order valence-corrected chi connectivity index (χ1v) is 6.22. The number of aromatic carboxylic acids is 1. The van der Waals surface area contributed by atoms with Crippen LogP contribution < -0.4 is 5.73 Å². The minimum Gasteiger partial charge on any atom is -0.478 e. The third-order valence-electron chi connectivity index (χ3n) is 3.16. The Morgan fingerprint density at radius 1 is 1.44 bits per heavy atom. The number of carbonyl (C=O) groups is 1. The van der Waals surface area contributed by atoms with E-state index in [1.807, 2.05) is 23.8 Å². The molecule has 0 aliphatic heterocycles. The largest absolute Gasteiger partial charge is 0.478 e. The lowest BCUT2D eigenvalue weighted by molar-refractivity contribution is 0.0698. The van der Waals surface area contributed by atoms with E-state index in [4.69, 9.17) is 5.73 Å². The quantitative estimate of drug-likeness (QED) is 0.850. The van der Waals surface area contributed by atoms with Gasteiger partial charge < -0.3 is 15.4 Å². The summed E-state index contributed by atoms with van der Waals surface area (Å²) in [7, 11) is 0. The van der Waals surface area contributed by atoms with Gasteiger partial charge in [-0.15, -0.1) is 0 Å². The zero-order valence-electron chi connectivity index (χ0n) is 10.5. The summed E-state index contributed by atoms with van der Waals surface area (Å²) in [6.07, 6.45) is 3.62. The lowest BCUT2D eigenvalue weighted by atomic mass is 10.0. The summed E-state index contributed by atoms with van der Waals surface area (Å²) in [5.41, 5.74) is 7.74. The Morgan fingerprint density at radius 2 is 2.22 bits per heavy atom. The fourth-order valence-corrected chi connectivity index (χ4v) is 2.23. The second-order valence-electron chi connectivity index (χ2n) is 4.39. The molecule has 18 heavy (non-hydrogen) atoms. The lowest BCUT2D eigenvalue weighted by Gasteiger charge is -2.08. The Hall–Kier alpha value is -1.81. The molecule has 3 N–H and O–H groups in total. The summed E-state index contributed by atoms with van der Waals surface area (Å²) in [6, 6.07) is 5.79. The Bertz CT molecular complexity index is 572. The van der Waals surface area contributed by atoms with Gasteiger partial charge in [-0.1, -0.05) is 6.92 Å². The average Bonchev–Trinajstić information content (AvgIpc) is 2.77. The normalized spacial score (nSPS) is 11.0. The van der Waals surface area contributed by atoms with E-state index in [0.717, 1.165) is 35.9 Å². The number of carboxylic acids is 1. The molecule has 1 aromatic carbocycles. The molecule has 0 aliphatic carbocycles. The number of benzene rings is 1. The van der Waals surface area contributed by atoms with Gasteiger partial charge in [0.2, 0.25) is 0 Å². The molecule has 2 rings (SSSR count). The first-order valence-electron chi connectivity index (χ1n) is 6.22. The molecule has 0 amide bonds. The van der Waals surface area contributed by atoms with Gasteiger partial charge in [-0.05, 0) is 43.1 Å². The van der Waals surface area contributed by atoms with Gasteiger partial charge in [-0.3, -0.25) is 0 Å². The molecule has 0 saturated carbocycles. The number of aryl methyl sites for hydroxylation is 2. The third kappa shape index (κ3) is 2.24. The molecule has 0 fully saturated rings. The second-order valence-corrected chi connectivity index (χ2v) is 4.39. The number of fused-ring (bicyclic) bond motifs is 1. The molecule has 2 aromatic rings. The predicted molar refractivity (Wildman–Crippen MR) is 71.9 cm³/mol. The molecule has 1 heterocycles. The highest BCUT2D eigenvalue weighted by atomic mass is 16.4. The van der Waals surface area contributed by atoms with Crippen LogP contribution in [0.2, 0.25) is 0 Å². The van der Waals surface area contributed by atoms with Crippen LogP contribution in [0.3, 0.4) is 0 Å². The van der Waals surface area contributed by atoms with Crippen LogP contribution in [-0.2, 0) is 13.0 Å². The van der Waals surface area contributed by atoms with Crippen LogP contribution in [0.15, 0.2) is 24.4 Å². The Labute approximate surface area is 106 Å². The molecule has 96 valence electrons. The fraction of sp³-hybridized carbons (Fsp3) is 0.357. The average molecular weight is 246 g/mol. The molecule has 0 atom stereocenters. The van der Waals surface area contributed by atoms with Gasteiger partial charge in [0.1, 0.15) is 0 Å². The zero-order chi connectivity index (χ0) is 13.1. The van der Waals surface area contributed by atoms with Crippen LogP contribution in [-0.4, -0.2) is 22.2 Å². The van der Waals surface area contributed by atoms with E-state index in [9.17, 15) is 9.90 Å². The topological polar surface area (TPSA) is 68.2 Å². The fourth-order valence-electron chi connectivity index (χ4n) is 2.23. The highest BCUT2D eigenvalue weighted by Gasteiger charge is 2.13. The number of carboxylic acid groups (broad SMARTS) is 1. The molecule has 0 radical (unpaired) electrons. The summed E-state index contributed by atoms with van der Waals surface area (Å²) in [5.74, 6) is -0.872. The summed E-state index contributed by atoms with van der Waals surface area (Å²) < 4.78 is 1.98. The number of hydrogen-bond acceptors (Lipinski definition) is 2. The number of rotatable bonds is 5. The summed E-state index contributed by atoms with van der Waals surface area (Å²) in [6.45, 7) is 3.39. The SMILES string of the molecule is CCc1cc(C(=O)O)c2c(ccn2CCCN)c1. The number of nitrogens with two attached hydrogens (primary N) is 1. The molecular formula is C14H18N2O2. The van der Waals surface area contributed by atoms with Crippen molar-refractivity contribution < 1.29 is 9.90 Å². The van der Waals surface area contributed by atoms with Gasteiger partial charge in [-0.2, -0.15) is 0 Å². The zero-order valence-corrected chi connectivity index (χ0v) is 10.5.